The second-order valence-corrected chi connectivity index (χ2v) is 7.22. The molecule has 26 heavy (non-hydrogen) atoms. The molecule has 2 aliphatic rings. The molecule has 1 aromatic rings. The van der Waals surface area contributed by atoms with Crippen molar-refractivity contribution >= 4 is 17.8 Å². The lowest BCUT2D eigenvalue weighted by Crippen LogP contribution is -2.49. The van der Waals surface area contributed by atoms with Gasteiger partial charge in [-0.1, -0.05) is 30.3 Å². The summed E-state index contributed by atoms with van der Waals surface area (Å²) in [5.74, 6) is -0.654. The third-order valence-electron chi connectivity index (χ3n) is 5.41. The van der Waals surface area contributed by atoms with Crippen LogP contribution in [0.25, 0.3) is 0 Å². The van der Waals surface area contributed by atoms with Gasteiger partial charge in [-0.2, -0.15) is 0 Å². The molecule has 0 aromatic heterocycles. The second-order valence-electron chi connectivity index (χ2n) is 7.22. The van der Waals surface area contributed by atoms with E-state index in [1.165, 1.54) is 0 Å². The van der Waals surface area contributed by atoms with Crippen LogP contribution in [0.5, 0.6) is 0 Å². The molecule has 0 spiro atoms. The zero-order chi connectivity index (χ0) is 18.5. The predicted molar refractivity (Wildman–Crippen MR) is 96.3 cm³/mol. The van der Waals surface area contributed by atoms with Crippen molar-refractivity contribution in [2.75, 3.05) is 19.6 Å². The summed E-state index contributed by atoms with van der Waals surface area (Å²) in [7, 11) is 0. The first kappa shape index (κ1) is 18.4. The Balaban J connectivity index is 1.75. The molecule has 0 radical (unpaired) electrons. The number of likely N-dealkylation sites (tertiary alicyclic amines) is 2. The average molecular weight is 358 g/mol. The summed E-state index contributed by atoms with van der Waals surface area (Å²) in [6, 6.07) is 8.93. The van der Waals surface area contributed by atoms with E-state index in [0.29, 0.717) is 38.9 Å². The van der Waals surface area contributed by atoms with E-state index in [-0.39, 0.29) is 24.2 Å². The van der Waals surface area contributed by atoms with E-state index in [2.05, 4.69) is 0 Å². The number of amides is 2. The first-order valence-electron chi connectivity index (χ1n) is 9.41. The quantitative estimate of drug-likeness (QED) is 0.877. The molecule has 6 nitrogen and oxygen atoms in total. The van der Waals surface area contributed by atoms with Crippen LogP contribution >= 0.6 is 0 Å². The van der Waals surface area contributed by atoms with E-state index >= 15 is 0 Å². The Hall–Kier alpha value is -2.37. The van der Waals surface area contributed by atoms with Crippen molar-refractivity contribution in [1.82, 2.24) is 9.80 Å². The van der Waals surface area contributed by atoms with Crippen molar-refractivity contribution in [1.29, 1.82) is 0 Å². The number of rotatable bonds is 5. The van der Waals surface area contributed by atoms with Crippen LogP contribution in [-0.4, -0.2) is 52.3 Å². The number of carboxylic acids is 1. The van der Waals surface area contributed by atoms with E-state index < -0.39 is 12.0 Å². The fourth-order valence-electron chi connectivity index (χ4n) is 3.97. The molecule has 1 aromatic carbocycles. The average Bonchev–Trinajstić information content (AvgIpc) is 2.64. The molecule has 1 N–H and O–H groups in total. The number of piperidine rings is 2. The minimum Gasteiger partial charge on any atom is -0.481 e. The van der Waals surface area contributed by atoms with Crippen LogP contribution in [0.2, 0.25) is 0 Å². The van der Waals surface area contributed by atoms with Crippen molar-refractivity contribution in [3.8, 4) is 0 Å². The fraction of sp³-hybridized carbons (Fsp3) is 0.550. The van der Waals surface area contributed by atoms with Gasteiger partial charge in [-0.3, -0.25) is 14.4 Å². The molecule has 6 heteroatoms. The van der Waals surface area contributed by atoms with Gasteiger partial charge in [0.2, 0.25) is 11.8 Å². The third-order valence-corrected chi connectivity index (χ3v) is 5.41. The van der Waals surface area contributed by atoms with Gasteiger partial charge in [0, 0.05) is 32.5 Å². The summed E-state index contributed by atoms with van der Waals surface area (Å²) >= 11 is 0. The topological polar surface area (TPSA) is 77.9 Å². The van der Waals surface area contributed by atoms with Gasteiger partial charge in [-0.15, -0.1) is 0 Å². The molecule has 2 amide bonds. The number of hydrogen-bond donors (Lipinski definition) is 1. The maximum atomic E-state index is 13.3. The molecule has 1 atom stereocenters. The summed E-state index contributed by atoms with van der Waals surface area (Å²) in [5, 5.41) is 8.95. The molecule has 0 bridgehead atoms. The molecule has 0 saturated carbocycles. The standard InChI is InChI=1S/C20H26N2O4/c23-17-8-4-5-11-22(17)19(16-6-2-1-3-7-16)20(26)21-12-9-15(10-13-21)14-18(24)25/h1-3,6-7,15,19H,4-5,8-14H2,(H,24,25). The van der Waals surface area contributed by atoms with Crippen LogP contribution < -0.4 is 0 Å². The zero-order valence-corrected chi connectivity index (χ0v) is 15.0. The van der Waals surface area contributed by atoms with Crippen LogP contribution in [0.1, 0.15) is 50.1 Å². The Labute approximate surface area is 153 Å². The summed E-state index contributed by atoms with van der Waals surface area (Å²) in [4.78, 5) is 40.2. The van der Waals surface area contributed by atoms with Crippen LogP contribution in [0.15, 0.2) is 30.3 Å². The lowest BCUT2D eigenvalue weighted by atomic mass is 9.92. The van der Waals surface area contributed by atoms with Crippen molar-refractivity contribution in [3.05, 3.63) is 35.9 Å². The van der Waals surface area contributed by atoms with E-state index in [0.717, 1.165) is 18.4 Å². The van der Waals surface area contributed by atoms with Gasteiger partial charge in [0.1, 0.15) is 6.04 Å². The van der Waals surface area contributed by atoms with Crippen molar-refractivity contribution in [2.24, 2.45) is 5.92 Å². The van der Waals surface area contributed by atoms with Gasteiger partial charge < -0.3 is 14.9 Å². The minimum absolute atomic E-state index is 0.0409. The maximum absolute atomic E-state index is 13.3. The summed E-state index contributed by atoms with van der Waals surface area (Å²) < 4.78 is 0. The molecular weight excluding hydrogens is 332 g/mol. The number of carboxylic acid groups (broad SMARTS) is 1. The summed E-state index contributed by atoms with van der Waals surface area (Å²) in [6.45, 7) is 1.73. The van der Waals surface area contributed by atoms with Gasteiger partial charge in [0.25, 0.3) is 0 Å². The lowest BCUT2D eigenvalue weighted by molar-refractivity contribution is -0.149. The van der Waals surface area contributed by atoms with Gasteiger partial charge >= 0.3 is 5.97 Å². The van der Waals surface area contributed by atoms with Gasteiger partial charge in [-0.05, 0) is 37.2 Å². The highest BCUT2D eigenvalue weighted by Crippen LogP contribution is 2.30. The van der Waals surface area contributed by atoms with Crippen LogP contribution in [-0.2, 0) is 14.4 Å². The molecule has 2 aliphatic heterocycles. The van der Waals surface area contributed by atoms with E-state index in [1.54, 1.807) is 9.80 Å². The smallest absolute Gasteiger partial charge is 0.303 e. The Morgan fingerprint density at radius 1 is 1.08 bits per heavy atom. The molecule has 3 rings (SSSR count). The number of carbonyl (C=O) groups is 3. The van der Waals surface area contributed by atoms with Crippen LogP contribution in [0.4, 0.5) is 0 Å². The van der Waals surface area contributed by atoms with Gasteiger partial charge in [-0.25, -0.2) is 0 Å². The highest BCUT2D eigenvalue weighted by Gasteiger charge is 2.36. The number of nitrogens with zero attached hydrogens (tertiary/aromatic N) is 2. The number of hydrogen-bond acceptors (Lipinski definition) is 3. The Bertz CT molecular complexity index is 653. The molecule has 140 valence electrons. The largest absolute Gasteiger partial charge is 0.481 e. The molecule has 2 heterocycles. The monoisotopic (exact) mass is 358 g/mol. The molecule has 2 fully saturated rings. The Morgan fingerprint density at radius 3 is 2.38 bits per heavy atom. The SMILES string of the molecule is O=C(O)CC1CCN(C(=O)C(c2ccccc2)N2CCCCC2=O)CC1. The van der Waals surface area contributed by atoms with E-state index in [1.807, 2.05) is 30.3 Å². The fourth-order valence-corrected chi connectivity index (χ4v) is 3.97. The zero-order valence-electron chi connectivity index (χ0n) is 15.0. The lowest BCUT2D eigenvalue weighted by Gasteiger charge is -2.39. The third kappa shape index (κ3) is 4.23. The highest BCUT2D eigenvalue weighted by molar-refractivity contribution is 5.89. The van der Waals surface area contributed by atoms with Crippen molar-refractivity contribution in [2.45, 2.75) is 44.6 Å². The van der Waals surface area contributed by atoms with Gasteiger partial charge in [0.15, 0.2) is 0 Å². The number of aliphatic carboxylic acids is 1. The summed E-state index contributed by atoms with van der Waals surface area (Å²) in [6.07, 6.45) is 3.86. The van der Waals surface area contributed by atoms with Crippen LogP contribution in [0, 0.1) is 5.92 Å². The summed E-state index contributed by atoms with van der Waals surface area (Å²) in [5.41, 5.74) is 0.848. The first-order valence-corrected chi connectivity index (χ1v) is 9.41. The Morgan fingerprint density at radius 2 is 1.77 bits per heavy atom. The number of benzene rings is 1. The van der Waals surface area contributed by atoms with Crippen molar-refractivity contribution in [3.63, 3.8) is 0 Å². The van der Waals surface area contributed by atoms with E-state index in [4.69, 9.17) is 5.11 Å². The highest BCUT2D eigenvalue weighted by atomic mass is 16.4. The molecule has 0 aliphatic carbocycles. The molecule has 1 unspecified atom stereocenters. The molecule has 2 saturated heterocycles. The maximum Gasteiger partial charge on any atom is 0.303 e. The second kappa shape index (κ2) is 8.34. The van der Waals surface area contributed by atoms with Gasteiger partial charge in [0.05, 0.1) is 0 Å². The van der Waals surface area contributed by atoms with E-state index in [9.17, 15) is 14.4 Å². The Kier molecular flexibility index (Phi) is 5.91. The first-order chi connectivity index (χ1) is 12.6. The molecular formula is C20H26N2O4. The predicted octanol–water partition coefficient (Wildman–Crippen LogP) is 2.45. The number of carbonyl (C=O) groups excluding carboxylic acids is 2. The van der Waals surface area contributed by atoms with Crippen LogP contribution in [0.3, 0.4) is 0 Å². The normalized spacial score (nSPS) is 20.1. The van der Waals surface area contributed by atoms with Crippen molar-refractivity contribution < 1.29 is 19.5 Å². The minimum atomic E-state index is -0.782.